The van der Waals surface area contributed by atoms with E-state index in [-0.39, 0.29) is 5.41 Å². The van der Waals surface area contributed by atoms with E-state index < -0.39 is 5.60 Å². The Labute approximate surface area is 104 Å². The van der Waals surface area contributed by atoms with Crippen molar-refractivity contribution in [3.05, 3.63) is 0 Å². The van der Waals surface area contributed by atoms with E-state index in [4.69, 9.17) is 10.5 Å². The number of hydrogen-bond donors (Lipinski definition) is 2. The lowest BCUT2D eigenvalue weighted by Crippen LogP contribution is -2.61. The topological polar surface area (TPSA) is 58.7 Å². The maximum Gasteiger partial charge on any atom is 0.0744 e. The fourth-order valence-electron chi connectivity index (χ4n) is 3.43. The smallest absolute Gasteiger partial charge is 0.0744 e. The molecule has 0 aromatic heterocycles. The van der Waals surface area contributed by atoms with Crippen molar-refractivity contribution >= 4 is 0 Å². The fourth-order valence-corrected chi connectivity index (χ4v) is 3.43. The third-order valence-electron chi connectivity index (χ3n) is 5.09. The van der Waals surface area contributed by atoms with E-state index >= 15 is 0 Å². The Morgan fingerprint density at radius 2 is 2.00 bits per heavy atom. The molecule has 4 nitrogen and oxygen atoms in total. The fraction of sp³-hybridized carbons (Fsp3) is 1.00. The van der Waals surface area contributed by atoms with Crippen molar-refractivity contribution in [3.8, 4) is 0 Å². The minimum atomic E-state index is -0.600. The first kappa shape index (κ1) is 13.3. The van der Waals surface area contributed by atoms with Crippen molar-refractivity contribution in [2.45, 2.75) is 44.2 Å². The van der Waals surface area contributed by atoms with Gasteiger partial charge in [0, 0.05) is 37.8 Å². The van der Waals surface area contributed by atoms with Gasteiger partial charge in [-0.25, -0.2) is 0 Å². The standard InChI is InChI=1S/C13H26N2O2/c1-11-9-13(16,3-6-15(11)2)12(10-14)4-7-17-8-5-12/h11,16H,3-10,14H2,1-2H3. The summed E-state index contributed by atoms with van der Waals surface area (Å²) in [6.45, 7) is 5.20. The molecule has 2 heterocycles. The van der Waals surface area contributed by atoms with Gasteiger partial charge in [-0.2, -0.15) is 0 Å². The van der Waals surface area contributed by atoms with Crippen LogP contribution in [0.15, 0.2) is 0 Å². The highest BCUT2D eigenvalue weighted by Gasteiger charge is 2.52. The average Bonchev–Trinajstić information content (AvgIpc) is 2.35. The summed E-state index contributed by atoms with van der Waals surface area (Å²) in [7, 11) is 2.13. The molecule has 2 aliphatic heterocycles. The van der Waals surface area contributed by atoms with Gasteiger partial charge in [-0.05, 0) is 39.7 Å². The number of piperidine rings is 1. The summed E-state index contributed by atoms with van der Waals surface area (Å²) in [5, 5.41) is 11.1. The van der Waals surface area contributed by atoms with Crippen molar-refractivity contribution < 1.29 is 9.84 Å². The molecule has 4 heteroatoms. The van der Waals surface area contributed by atoms with Crippen LogP contribution in [0.4, 0.5) is 0 Å². The molecule has 2 atom stereocenters. The van der Waals surface area contributed by atoms with Gasteiger partial charge in [0.05, 0.1) is 5.60 Å². The molecule has 2 fully saturated rings. The molecule has 0 bridgehead atoms. The Kier molecular flexibility index (Phi) is 3.78. The van der Waals surface area contributed by atoms with Gasteiger partial charge in [-0.3, -0.25) is 0 Å². The van der Waals surface area contributed by atoms with E-state index in [1.54, 1.807) is 0 Å². The number of nitrogens with two attached hydrogens (primary N) is 1. The predicted molar refractivity (Wildman–Crippen MR) is 67.8 cm³/mol. The van der Waals surface area contributed by atoms with Crippen LogP contribution < -0.4 is 5.73 Å². The largest absolute Gasteiger partial charge is 0.389 e. The summed E-state index contributed by atoms with van der Waals surface area (Å²) in [6.07, 6.45) is 3.47. The summed E-state index contributed by atoms with van der Waals surface area (Å²) in [4.78, 5) is 2.32. The molecule has 2 saturated heterocycles. The van der Waals surface area contributed by atoms with Gasteiger partial charge in [-0.15, -0.1) is 0 Å². The number of hydrogen-bond acceptors (Lipinski definition) is 4. The summed E-state index contributed by atoms with van der Waals surface area (Å²) in [6, 6.07) is 0.431. The lowest BCUT2D eigenvalue weighted by Gasteiger charge is -2.53. The van der Waals surface area contributed by atoms with E-state index in [9.17, 15) is 5.11 Å². The average molecular weight is 242 g/mol. The van der Waals surface area contributed by atoms with E-state index in [0.717, 1.165) is 45.4 Å². The van der Waals surface area contributed by atoms with Crippen LogP contribution in [-0.4, -0.2) is 55.0 Å². The van der Waals surface area contributed by atoms with Crippen LogP contribution in [0.1, 0.15) is 32.6 Å². The highest BCUT2D eigenvalue weighted by atomic mass is 16.5. The third kappa shape index (κ3) is 2.24. The number of rotatable bonds is 2. The zero-order valence-corrected chi connectivity index (χ0v) is 11.1. The summed E-state index contributed by atoms with van der Waals surface area (Å²) < 4.78 is 5.43. The van der Waals surface area contributed by atoms with Crippen molar-refractivity contribution in [1.29, 1.82) is 0 Å². The Morgan fingerprint density at radius 1 is 1.35 bits per heavy atom. The van der Waals surface area contributed by atoms with Gasteiger partial charge in [-0.1, -0.05) is 0 Å². The first-order valence-corrected chi connectivity index (χ1v) is 6.73. The summed E-state index contributed by atoms with van der Waals surface area (Å²) >= 11 is 0. The second-order valence-electron chi connectivity index (χ2n) is 5.91. The highest BCUT2D eigenvalue weighted by molar-refractivity contribution is 5.04. The number of ether oxygens (including phenoxy) is 1. The van der Waals surface area contributed by atoms with Gasteiger partial charge in [0.25, 0.3) is 0 Å². The van der Waals surface area contributed by atoms with Crippen molar-refractivity contribution in [3.63, 3.8) is 0 Å². The Bertz CT molecular complexity index is 266. The quantitative estimate of drug-likeness (QED) is 0.744. The van der Waals surface area contributed by atoms with Crippen LogP contribution in [0, 0.1) is 5.41 Å². The molecule has 0 radical (unpaired) electrons. The van der Waals surface area contributed by atoms with Crippen LogP contribution in [-0.2, 0) is 4.74 Å². The second-order valence-corrected chi connectivity index (χ2v) is 5.91. The number of likely N-dealkylation sites (tertiary alicyclic amines) is 1. The Morgan fingerprint density at radius 3 is 2.53 bits per heavy atom. The molecule has 0 aromatic carbocycles. The van der Waals surface area contributed by atoms with Crippen LogP contribution >= 0.6 is 0 Å². The molecular formula is C13H26N2O2. The minimum absolute atomic E-state index is 0.124. The second kappa shape index (κ2) is 4.84. The lowest BCUT2D eigenvalue weighted by atomic mass is 9.62. The van der Waals surface area contributed by atoms with E-state index in [1.807, 2.05) is 0 Å². The first-order valence-electron chi connectivity index (χ1n) is 6.73. The van der Waals surface area contributed by atoms with E-state index in [1.165, 1.54) is 0 Å². The molecule has 2 unspecified atom stereocenters. The summed E-state index contributed by atoms with van der Waals surface area (Å²) in [5.41, 5.74) is 5.28. The highest BCUT2D eigenvalue weighted by Crippen LogP contribution is 2.46. The maximum atomic E-state index is 11.1. The monoisotopic (exact) mass is 242 g/mol. The minimum Gasteiger partial charge on any atom is -0.389 e. The van der Waals surface area contributed by atoms with Gasteiger partial charge in [0.2, 0.25) is 0 Å². The van der Waals surface area contributed by atoms with Gasteiger partial charge in [0.15, 0.2) is 0 Å². The Hall–Kier alpha value is -0.160. The maximum absolute atomic E-state index is 11.1. The van der Waals surface area contributed by atoms with Crippen molar-refractivity contribution in [1.82, 2.24) is 4.90 Å². The molecule has 2 rings (SSSR count). The van der Waals surface area contributed by atoms with E-state index in [2.05, 4.69) is 18.9 Å². The SMILES string of the molecule is CC1CC(O)(C2(CN)CCOCC2)CCN1C. The van der Waals surface area contributed by atoms with Crippen LogP contribution in [0.3, 0.4) is 0 Å². The van der Waals surface area contributed by atoms with Crippen molar-refractivity contribution in [2.24, 2.45) is 11.1 Å². The zero-order valence-electron chi connectivity index (χ0n) is 11.1. The van der Waals surface area contributed by atoms with Crippen molar-refractivity contribution in [2.75, 3.05) is 33.4 Å². The molecule has 2 aliphatic rings. The van der Waals surface area contributed by atoms with Crippen LogP contribution in [0.2, 0.25) is 0 Å². The molecule has 0 spiro atoms. The zero-order chi connectivity index (χ0) is 12.5. The summed E-state index contributed by atoms with van der Waals surface area (Å²) in [5.74, 6) is 0. The number of nitrogens with zero attached hydrogens (tertiary/aromatic N) is 1. The molecule has 0 aromatic rings. The number of aliphatic hydroxyl groups is 1. The normalized spacial score (nSPS) is 39.2. The van der Waals surface area contributed by atoms with Crippen LogP contribution in [0.5, 0.6) is 0 Å². The third-order valence-corrected chi connectivity index (χ3v) is 5.09. The van der Waals surface area contributed by atoms with Gasteiger partial charge >= 0.3 is 0 Å². The predicted octanol–water partition coefficient (Wildman–Crippen LogP) is 0.587. The molecule has 17 heavy (non-hydrogen) atoms. The molecule has 3 N–H and O–H groups in total. The lowest BCUT2D eigenvalue weighted by molar-refractivity contribution is -0.160. The Balaban J connectivity index is 2.17. The molecule has 100 valence electrons. The first-order chi connectivity index (χ1) is 8.03. The molecule has 0 aliphatic carbocycles. The van der Waals surface area contributed by atoms with E-state index in [0.29, 0.717) is 12.6 Å². The molecule has 0 saturated carbocycles. The molecular weight excluding hydrogens is 216 g/mol. The van der Waals surface area contributed by atoms with Gasteiger partial charge < -0.3 is 20.5 Å². The molecule has 0 amide bonds. The van der Waals surface area contributed by atoms with Gasteiger partial charge in [0.1, 0.15) is 0 Å². The van der Waals surface area contributed by atoms with Crippen LogP contribution in [0.25, 0.3) is 0 Å².